The third-order valence-electron chi connectivity index (χ3n) is 6.68. The van der Waals surface area contributed by atoms with Crippen molar-refractivity contribution in [1.82, 2.24) is 15.1 Å². The molecule has 1 aliphatic rings. The molecule has 0 unspecified atom stereocenters. The van der Waals surface area contributed by atoms with Crippen molar-refractivity contribution < 1.29 is 18.7 Å². The number of aryl methyl sites for hydroxylation is 2. The molecule has 2 heterocycles. The molecule has 0 radical (unpaired) electrons. The van der Waals surface area contributed by atoms with Crippen molar-refractivity contribution in [1.29, 1.82) is 0 Å². The zero-order valence-electron chi connectivity index (χ0n) is 23.5. The van der Waals surface area contributed by atoms with Gasteiger partial charge in [-0.15, -0.1) is 11.8 Å². The number of carbonyl (C=O) groups is 2. The van der Waals surface area contributed by atoms with Crippen LogP contribution in [0.2, 0.25) is 0 Å². The van der Waals surface area contributed by atoms with Gasteiger partial charge in [0.1, 0.15) is 18.2 Å². The van der Waals surface area contributed by atoms with Gasteiger partial charge in [-0.3, -0.25) is 14.5 Å². The van der Waals surface area contributed by atoms with Crippen molar-refractivity contribution in [2.75, 3.05) is 37.5 Å². The molecule has 39 heavy (non-hydrogen) atoms. The van der Waals surface area contributed by atoms with Crippen molar-refractivity contribution in [3.63, 3.8) is 0 Å². The molecule has 0 saturated carbocycles. The molecule has 0 bridgehead atoms. The summed E-state index contributed by atoms with van der Waals surface area (Å²) in [5, 5.41) is 7.67. The molecule has 4 rings (SSSR count). The fourth-order valence-electron chi connectivity index (χ4n) is 4.86. The zero-order valence-corrected chi connectivity index (χ0v) is 24.3. The fourth-order valence-corrected chi connectivity index (χ4v) is 6.05. The number of amides is 2. The minimum Gasteiger partial charge on any atom is -0.385 e. The van der Waals surface area contributed by atoms with Crippen LogP contribution in [0.25, 0.3) is 5.69 Å². The van der Waals surface area contributed by atoms with E-state index in [0.717, 1.165) is 33.6 Å². The van der Waals surface area contributed by atoms with Crippen molar-refractivity contribution in [3.05, 3.63) is 76.2 Å². The maximum atomic E-state index is 14.4. The molecule has 0 spiro atoms. The second kappa shape index (κ2) is 11.9. The van der Waals surface area contributed by atoms with Gasteiger partial charge in [-0.25, -0.2) is 9.07 Å². The van der Waals surface area contributed by atoms with Gasteiger partial charge < -0.3 is 10.1 Å². The van der Waals surface area contributed by atoms with Gasteiger partial charge in [0, 0.05) is 31.2 Å². The number of benzene rings is 2. The second-order valence-corrected chi connectivity index (χ2v) is 12.1. The molecule has 1 aliphatic heterocycles. The lowest BCUT2D eigenvalue weighted by molar-refractivity contribution is -0.122. The summed E-state index contributed by atoms with van der Waals surface area (Å²) in [5.41, 5.74) is 4.94. The first kappa shape index (κ1) is 28.8. The van der Waals surface area contributed by atoms with Gasteiger partial charge in [0.25, 0.3) is 0 Å². The van der Waals surface area contributed by atoms with Crippen LogP contribution in [0.5, 0.6) is 0 Å². The number of nitrogens with zero attached hydrogens (tertiary/aromatic N) is 3. The molecule has 2 amide bonds. The van der Waals surface area contributed by atoms with Crippen LogP contribution in [0.15, 0.2) is 42.5 Å². The predicted molar refractivity (Wildman–Crippen MR) is 154 cm³/mol. The number of methoxy groups -OCH3 is 1. The van der Waals surface area contributed by atoms with E-state index >= 15 is 0 Å². The van der Waals surface area contributed by atoms with E-state index in [-0.39, 0.29) is 40.6 Å². The molecule has 1 aromatic heterocycles. The largest absolute Gasteiger partial charge is 0.385 e. The number of fused-ring (bicyclic) bond motifs is 1. The van der Waals surface area contributed by atoms with Gasteiger partial charge in [0.05, 0.1) is 22.4 Å². The Kier molecular flexibility index (Phi) is 8.81. The summed E-state index contributed by atoms with van der Waals surface area (Å²) in [6.07, 6.45) is 0.674. The number of rotatable bonds is 8. The maximum Gasteiger partial charge on any atom is 0.240 e. The fraction of sp³-hybridized carbons (Fsp3) is 0.433. The average Bonchev–Trinajstić information content (AvgIpc) is 3.19. The Labute approximate surface area is 234 Å². The van der Waals surface area contributed by atoms with E-state index in [1.807, 2.05) is 32.0 Å². The molecule has 1 atom stereocenters. The summed E-state index contributed by atoms with van der Waals surface area (Å²) in [6, 6.07) is 12.6. The van der Waals surface area contributed by atoms with E-state index < -0.39 is 0 Å². The number of hydrogen-bond acceptors (Lipinski definition) is 5. The lowest BCUT2D eigenvalue weighted by Crippen LogP contribution is -2.42. The van der Waals surface area contributed by atoms with Gasteiger partial charge in [0.2, 0.25) is 11.8 Å². The molecule has 7 nitrogen and oxygen atoms in total. The smallest absolute Gasteiger partial charge is 0.240 e. The number of ether oxygens (including phenoxy) is 1. The molecule has 0 fully saturated rings. The molecular weight excluding hydrogens is 515 g/mol. The Morgan fingerprint density at radius 3 is 2.64 bits per heavy atom. The molecule has 208 valence electrons. The number of thioether (sulfide) groups is 1. The van der Waals surface area contributed by atoms with Gasteiger partial charge >= 0.3 is 0 Å². The Morgan fingerprint density at radius 1 is 1.21 bits per heavy atom. The van der Waals surface area contributed by atoms with Crippen molar-refractivity contribution in [3.8, 4) is 5.69 Å². The lowest BCUT2D eigenvalue weighted by Gasteiger charge is -2.25. The number of halogens is 1. The minimum atomic E-state index is -0.387. The second-order valence-electron chi connectivity index (χ2n) is 11.0. The Morgan fingerprint density at radius 2 is 1.97 bits per heavy atom. The third kappa shape index (κ3) is 6.36. The van der Waals surface area contributed by atoms with E-state index in [9.17, 15) is 14.0 Å². The summed E-state index contributed by atoms with van der Waals surface area (Å²) < 4.78 is 21.3. The van der Waals surface area contributed by atoms with Gasteiger partial charge in [-0.1, -0.05) is 50.6 Å². The Hall–Kier alpha value is -3.17. The van der Waals surface area contributed by atoms with Crippen LogP contribution in [-0.4, -0.2) is 54.2 Å². The van der Waals surface area contributed by atoms with Crippen LogP contribution >= 0.6 is 11.8 Å². The highest BCUT2D eigenvalue weighted by atomic mass is 32.2. The zero-order chi connectivity index (χ0) is 28.3. The number of hydrogen-bond donors (Lipinski definition) is 1. The lowest BCUT2D eigenvalue weighted by atomic mass is 9.87. The van der Waals surface area contributed by atoms with Crippen LogP contribution in [0.4, 0.5) is 10.2 Å². The van der Waals surface area contributed by atoms with E-state index in [4.69, 9.17) is 9.84 Å². The highest BCUT2D eigenvalue weighted by molar-refractivity contribution is 8.00. The van der Waals surface area contributed by atoms with Crippen molar-refractivity contribution >= 4 is 29.4 Å². The van der Waals surface area contributed by atoms with E-state index in [0.29, 0.717) is 25.4 Å². The number of anilines is 1. The number of nitrogens with one attached hydrogen (secondary N) is 1. The van der Waals surface area contributed by atoms with Gasteiger partial charge in [0.15, 0.2) is 0 Å². The summed E-state index contributed by atoms with van der Waals surface area (Å²) in [7, 11) is 1.62. The summed E-state index contributed by atoms with van der Waals surface area (Å²) in [6.45, 7) is 11.1. The molecule has 2 aromatic carbocycles. The first-order valence-corrected chi connectivity index (χ1v) is 14.2. The highest BCUT2D eigenvalue weighted by Crippen LogP contribution is 2.48. The SMILES string of the molecule is COCCCNC(=O)CN1C(=O)CS[C@H](c2cccc(F)c2)c2c(C(C)(C)C)nn(-c3ccc(C)cc3C)c21. The summed E-state index contributed by atoms with van der Waals surface area (Å²) in [4.78, 5) is 28.3. The quantitative estimate of drug-likeness (QED) is 0.387. The minimum absolute atomic E-state index is 0.142. The Balaban J connectivity index is 1.94. The standard InChI is InChI=1S/C30H37FN4O3S/c1-19-11-12-23(20(2)15-19)35-29-26(28(33-35)30(3,4)5)27(21-9-7-10-22(31)16-21)39-18-25(37)34(29)17-24(36)32-13-8-14-38-6/h7,9-12,15-16,27H,8,13-14,17-18H2,1-6H3,(H,32,36)/t27-/m1/s1. The number of aromatic nitrogens is 2. The maximum absolute atomic E-state index is 14.4. The van der Waals surface area contributed by atoms with Gasteiger partial charge in [-0.2, -0.15) is 5.10 Å². The van der Waals surface area contributed by atoms with Crippen molar-refractivity contribution in [2.45, 2.75) is 51.7 Å². The van der Waals surface area contributed by atoms with Gasteiger partial charge in [-0.05, 0) is 49.6 Å². The van der Waals surface area contributed by atoms with E-state index in [2.05, 4.69) is 32.2 Å². The van der Waals surface area contributed by atoms with Crippen LogP contribution in [0, 0.1) is 19.7 Å². The van der Waals surface area contributed by atoms with Crippen LogP contribution in [0.1, 0.15) is 60.4 Å². The summed E-state index contributed by atoms with van der Waals surface area (Å²) in [5.74, 6) is -0.0906. The molecule has 3 aromatic rings. The third-order valence-corrected chi connectivity index (χ3v) is 7.94. The molecule has 0 saturated heterocycles. The van der Waals surface area contributed by atoms with Crippen LogP contribution in [0.3, 0.4) is 0 Å². The average molecular weight is 553 g/mol. The van der Waals surface area contributed by atoms with E-state index in [1.54, 1.807) is 22.8 Å². The topological polar surface area (TPSA) is 76.5 Å². The first-order chi connectivity index (χ1) is 18.5. The molecular formula is C30H37FN4O3S. The Bertz CT molecular complexity index is 1360. The molecule has 0 aliphatic carbocycles. The summed E-state index contributed by atoms with van der Waals surface area (Å²) >= 11 is 1.44. The van der Waals surface area contributed by atoms with E-state index in [1.165, 1.54) is 23.9 Å². The predicted octanol–water partition coefficient (Wildman–Crippen LogP) is 5.25. The molecule has 9 heteroatoms. The normalized spacial score (nSPS) is 15.7. The van der Waals surface area contributed by atoms with Crippen LogP contribution in [-0.2, 0) is 19.7 Å². The highest BCUT2D eigenvalue weighted by Gasteiger charge is 2.40. The number of carbonyl (C=O) groups excluding carboxylic acids is 2. The monoisotopic (exact) mass is 552 g/mol. The van der Waals surface area contributed by atoms with Crippen molar-refractivity contribution in [2.24, 2.45) is 0 Å². The first-order valence-electron chi connectivity index (χ1n) is 13.2. The van der Waals surface area contributed by atoms with Crippen LogP contribution < -0.4 is 10.2 Å². The molecule has 1 N–H and O–H groups in total.